The van der Waals surface area contributed by atoms with Crippen LogP contribution >= 0.6 is 0 Å². The molecule has 2 aliphatic rings. The Bertz CT molecular complexity index is 732. The maximum absolute atomic E-state index is 12.4. The van der Waals surface area contributed by atoms with Crippen molar-refractivity contribution in [1.82, 2.24) is 20.0 Å². The van der Waals surface area contributed by atoms with Gasteiger partial charge in [0.1, 0.15) is 11.9 Å². The molecule has 26 heavy (non-hydrogen) atoms. The number of aryl methyl sites for hydroxylation is 1. The molecule has 0 aliphatic carbocycles. The molecule has 4 heterocycles. The predicted octanol–water partition coefficient (Wildman–Crippen LogP) is 1.84. The number of nitrogens with zero attached hydrogens (tertiary/aromatic N) is 3. The summed E-state index contributed by atoms with van der Waals surface area (Å²) in [7, 11) is 1.94. The second-order valence-corrected chi connectivity index (χ2v) is 7.42. The Kier molecular flexibility index (Phi) is 4.82. The molecule has 2 aromatic rings. The summed E-state index contributed by atoms with van der Waals surface area (Å²) in [4.78, 5) is 14.8. The quantitative estimate of drug-likeness (QED) is 0.883. The van der Waals surface area contributed by atoms with Crippen LogP contribution in [0, 0.1) is 0 Å². The summed E-state index contributed by atoms with van der Waals surface area (Å²) in [6.45, 7) is 3.33. The Balaban J connectivity index is 1.25. The molecule has 4 rings (SSSR count). The lowest BCUT2D eigenvalue weighted by Crippen LogP contribution is -2.45. The van der Waals surface area contributed by atoms with Crippen LogP contribution in [0.5, 0.6) is 0 Å². The van der Waals surface area contributed by atoms with Gasteiger partial charge in [-0.05, 0) is 37.8 Å². The SMILES string of the molecule is Cn1cc(CN2CCC3(CC[C@@H](C(=O)NCc4ccco4)O3)CC2)cn1. The molecular formula is C19H26N4O3. The maximum Gasteiger partial charge on any atom is 0.249 e. The number of carbonyl (C=O) groups excluding carboxylic acids is 1. The van der Waals surface area contributed by atoms with Gasteiger partial charge in [-0.2, -0.15) is 5.10 Å². The molecule has 2 fully saturated rings. The summed E-state index contributed by atoms with van der Waals surface area (Å²) in [5, 5.41) is 7.15. The molecule has 2 aromatic heterocycles. The van der Waals surface area contributed by atoms with Crippen LogP contribution in [-0.2, 0) is 29.7 Å². The van der Waals surface area contributed by atoms with E-state index < -0.39 is 0 Å². The molecule has 140 valence electrons. The number of nitrogens with one attached hydrogen (secondary N) is 1. The van der Waals surface area contributed by atoms with E-state index in [4.69, 9.17) is 9.15 Å². The minimum absolute atomic E-state index is 0.0314. The first-order chi connectivity index (χ1) is 12.6. The zero-order valence-electron chi connectivity index (χ0n) is 15.2. The van der Waals surface area contributed by atoms with E-state index in [1.807, 2.05) is 30.1 Å². The van der Waals surface area contributed by atoms with Crippen molar-refractivity contribution in [3.63, 3.8) is 0 Å². The normalized spacial score (nSPS) is 22.7. The van der Waals surface area contributed by atoms with Gasteiger partial charge in [-0.3, -0.25) is 14.4 Å². The average molecular weight is 358 g/mol. The molecule has 0 saturated carbocycles. The van der Waals surface area contributed by atoms with Gasteiger partial charge in [0.05, 0.1) is 24.6 Å². The first-order valence-corrected chi connectivity index (χ1v) is 9.30. The van der Waals surface area contributed by atoms with Crippen LogP contribution in [0.2, 0.25) is 0 Å². The number of likely N-dealkylation sites (tertiary alicyclic amines) is 1. The number of piperidine rings is 1. The van der Waals surface area contributed by atoms with Crippen molar-refractivity contribution < 1.29 is 13.9 Å². The second-order valence-electron chi connectivity index (χ2n) is 7.42. The van der Waals surface area contributed by atoms with Gasteiger partial charge in [0, 0.05) is 38.4 Å². The summed E-state index contributed by atoms with van der Waals surface area (Å²) in [6, 6.07) is 3.68. The molecule has 1 spiro atoms. The van der Waals surface area contributed by atoms with E-state index in [-0.39, 0.29) is 17.6 Å². The maximum atomic E-state index is 12.4. The van der Waals surface area contributed by atoms with Gasteiger partial charge < -0.3 is 14.5 Å². The van der Waals surface area contributed by atoms with Crippen LogP contribution in [0.15, 0.2) is 35.2 Å². The molecule has 1 atom stereocenters. The van der Waals surface area contributed by atoms with Crippen LogP contribution in [0.3, 0.4) is 0 Å². The van der Waals surface area contributed by atoms with E-state index >= 15 is 0 Å². The molecule has 7 heteroatoms. The van der Waals surface area contributed by atoms with Crippen LogP contribution in [0.4, 0.5) is 0 Å². The lowest BCUT2D eigenvalue weighted by atomic mass is 9.88. The highest BCUT2D eigenvalue weighted by Gasteiger charge is 2.44. The Morgan fingerprint density at radius 1 is 1.38 bits per heavy atom. The van der Waals surface area contributed by atoms with Crippen LogP contribution in [0.25, 0.3) is 0 Å². The Morgan fingerprint density at radius 2 is 2.23 bits per heavy atom. The number of aromatic nitrogens is 2. The second kappa shape index (κ2) is 7.25. The zero-order chi connectivity index (χ0) is 18.0. The van der Waals surface area contributed by atoms with Crippen molar-refractivity contribution >= 4 is 5.91 Å². The fourth-order valence-electron chi connectivity index (χ4n) is 4.00. The van der Waals surface area contributed by atoms with Gasteiger partial charge in [-0.15, -0.1) is 0 Å². The number of hydrogen-bond acceptors (Lipinski definition) is 5. The molecular weight excluding hydrogens is 332 g/mol. The zero-order valence-corrected chi connectivity index (χ0v) is 15.2. The van der Waals surface area contributed by atoms with Gasteiger partial charge >= 0.3 is 0 Å². The molecule has 2 saturated heterocycles. The van der Waals surface area contributed by atoms with Crippen molar-refractivity contribution in [3.8, 4) is 0 Å². The number of ether oxygens (including phenoxy) is 1. The van der Waals surface area contributed by atoms with Gasteiger partial charge in [-0.1, -0.05) is 0 Å². The van der Waals surface area contributed by atoms with Crippen molar-refractivity contribution in [3.05, 3.63) is 42.1 Å². The molecule has 7 nitrogen and oxygen atoms in total. The lowest BCUT2D eigenvalue weighted by Gasteiger charge is -2.38. The Morgan fingerprint density at radius 3 is 2.92 bits per heavy atom. The molecule has 2 aliphatic heterocycles. The number of amides is 1. The predicted molar refractivity (Wildman–Crippen MR) is 95.1 cm³/mol. The number of carbonyl (C=O) groups is 1. The molecule has 0 bridgehead atoms. The van der Waals surface area contributed by atoms with E-state index in [0.717, 1.165) is 51.1 Å². The molecule has 0 aromatic carbocycles. The lowest BCUT2D eigenvalue weighted by molar-refractivity contribution is -0.141. The highest BCUT2D eigenvalue weighted by atomic mass is 16.5. The molecule has 1 amide bonds. The fourth-order valence-corrected chi connectivity index (χ4v) is 4.00. The largest absolute Gasteiger partial charge is 0.467 e. The van der Waals surface area contributed by atoms with E-state index in [2.05, 4.69) is 21.5 Å². The van der Waals surface area contributed by atoms with Crippen LogP contribution in [0.1, 0.15) is 37.0 Å². The summed E-state index contributed by atoms with van der Waals surface area (Å²) >= 11 is 0. The topological polar surface area (TPSA) is 72.5 Å². The van der Waals surface area contributed by atoms with Gasteiger partial charge in [0.2, 0.25) is 5.91 Å². The minimum atomic E-state index is -0.338. The number of hydrogen-bond donors (Lipinski definition) is 1. The molecule has 0 unspecified atom stereocenters. The highest BCUT2D eigenvalue weighted by molar-refractivity contribution is 5.81. The minimum Gasteiger partial charge on any atom is -0.467 e. The third-order valence-electron chi connectivity index (χ3n) is 5.50. The van der Waals surface area contributed by atoms with Crippen molar-refractivity contribution in [1.29, 1.82) is 0 Å². The molecule has 0 radical (unpaired) electrons. The van der Waals surface area contributed by atoms with Gasteiger partial charge in [0.25, 0.3) is 0 Å². The monoisotopic (exact) mass is 358 g/mol. The van der Waals surface area contributed by atoms with Gasteiger partial charge in [-0.25, -0.2) is 0 Å². The first-order valence-electron chi connectivity index (χ1n) is 9.30. The van der Waals surface area contributed by atoms with E-state index in [0.29, 0.717) is 6.54 Å². The summed E-state index contributed by atoms with van der Waals surface area (Å²) in [6.07, 6.45) is 8.99. The van der Waals surface area contributed by atoms with Gasteiger partial charge in [0.15, 0.2) is 0 Å². The Hall–Kier alpha value is -2.12. The first kappa shape index (κ1) is 17.3. The highest BCUT2D eigenvalue weighted by Crippen LogP contribution is 2.39. The van der Waals surface area contributed by atoms with E-state index in [1.54, 1.807) is 6.26 Å². The van der Waals surface area contributed by atoms with Crippen molar-refractivity contribution in [2.45, 2.75) is 50.5 Å². The fraction of sp³-hybridized carbons (Fsp3) is 0.579. The van der Waals surface area contributed by atoms with Crippen LogP contribution < -0.4 is 5.32 Å². The standard InChI is InChI=1S/C19H26N4O3/c1-22-13-15(11-21-22)14-23-8-6-19(7-9-23)5-4-17(26-19)18(24)20-12-16-3-2-10-25-16/h2-3,10-11,13,17H,4-9,12,14H2,1H3,(H,20,24)/t17-/m0/s1. The van der Waals surface area contributed by atoms with E-state index in [9.17, 15) is 4.79 Å². The molecule has 1 N–H and O–H groups in total. The number of rotatable bonds is 5. The third-order valence-corrected chi connectivity index (χ3v) is 5.50. The van der Waals surface area contributed by atoms with Crippen LogP contribution in [-0.4, -0.2) is 45.4 Å². The van der Waals surface area contributed by atoms with Crippen molar-refractivity contribution in [2.24, 2.45) is 7.05 Å². The van der Waals surface area contributed by atoms with Crippen molar-refractivity contribution in [2.75, 3.05) is 13.1 Å². The smallest absolute Gasteiger partial charge is 0.249 e. The summed E-state index contributed by atoms with van der Waals surface area (Å²) in [5.41, 5.74) is 1.11. The Labute approximate surface area is 153 Å². The summed E-state index contributed by atoms with van der Waals surface area (Å²) < 4.78 is 13.3. The third kappa shape index (κ3) is 3.83. The number of furan rings is 1. The summed E-state index contributed by atoms with van der Waals surface area (Å²) in [5.74, 6) is 0.728. The van der Waals surface area contributed by atoms with E-state index in [1.165, 1.54) is 5.56 Å². The average Bonchev–Trinajstić information content (AvgIpc) is 3.37.